The van der Waals surface area contributed by atoms with Crippen molar-refractivity contribution in [1.82, 2.24) is 24.7 Å². The maximum Gasteiger partial charge on any atom is 0.168 e. The van der Waals surface area contributed by atoms with Crippen molar-refractivity contribution in [2.45, 2.75) is 0 Å². The average Bonchev–Trinajstić information content (AvgIpc) is 3.39. The number of nitrogens with two attached hydrogens (primary N) is 1. The fraction of sp³-hybridized carbons (Fsp3) is 0.167. The number of carbonyl (C=O) groups is 1. The molecule has 0 atom stereocenters. The third-order valence-corrected chi connectivity index (χ3v) is 4.54. The predicted molar refractivity (Wildman–Crippen MR) is 113 cm³/mol. The van der Waals surface area contributed by atoms with Crippen molar-refractivity contribution in [1.29, 1.82) is 0 Å². The minimum absolute atomic E-state index is 0.382. The first kappa shape index (κ1) is 20.7. The first-order valence-corrected chi connectivity index (χ1v) is 9.65. The molecule has 4 aromatic heterocycles. The molecule has 0 aromatic carbocycles. The van der Waals surface area contributed by atoms with Gasteiger partial charge in [0.05, 0.1) is 5.52 Å². The van der Waals surface area contributed by atoms with E-state index < -0.39 is 0 Å². The molecule has 0 bridgehead atoms. The topological polar surface area (TPSA) is 99.6 Å². The first-order valence-electron chi connectivity index (χ1n) is 7.94. The van der Waals surface area contributed by atoms with E-state index in [9.17, 15) is 4.79 Å². The van der Waals surface area contributed by atoms with E-state index in [0.717, 1.165) is 27.8 Å². The number of aryl methyl sites for hydroxylation is 1. The van der Waals surface area contributed by atoms with Crippen LogP contribution in [0.4, 0.5) is 0 Å². The normalized spacial score (nSPS) is 9.81. The van der Waals surface area contributed by atoms with Crippen LogP contribution in [0.3, 0.4) is 0 Å². The summed E-state index contributed by atoms with van der Waals surface area (Å²) >= 11 is 4.96. The standard InChI is InChI=1S/C16H11N5OS.CH5N.CH4S/c1-21-6-4-12-13(21)7-11(9-22)18-14(12)16-20-19-15(23-16)10-3-2-5-17-8-10;2*1-2/h2-9H,1H3;2H2,1H3;2H,1H3. The van der Waals surface area contributed by atoms with Crippen LogP contribution >= 0.6 is 24.0 Å². The summed E-state index contributed by atoms with van der Waals surface area (Å²) < 4.78 is 1.95. The van der Waals surface area contributed by atoms with E-state index >= 15 is 0 Å². The lowest BCUT2D eigenvalue weighted by atomic mass is 10.2. The van der Waals surface area contributed by atoms with Gasteiger partial charge < -0.3 is 10.3 Å². The van der Waals surface area contributed by atoms with Crippen molar-refractivity contribution in [3.05, 3.63) is 48.5 Å². The average molecular weight is 401 g/mol. The van der Waals surface area contributed by atoms with E-state index in [-0.39, 0.29) is 0 Å². The quantitative estimate of drug-likeness (QED) is 0.405. The van der Waals surface area contributed by atoms with Crippen molar-refractivity contribution in [2.75, 3.05) is 13.3 Å². The lowest BCUT2D eigenvalue weighted by Crippen LogP contribution is -1.94. The number of rotatable bonds is 3. The molecule has 4 aromatic rings. The zero-order chi connectivity index (χ0) is 19.8. The van der Waals surface area contributed by atoms with Gasteiger partial charge in [0.25, 0.3) is 0 Å². The predicted octanol–water partition coefficient (Wildman–Crippen LogP) is 3.09. The minimum Gasteiger partial charge on any atom is -0.350 e. The van der Waals surface area contributed by atoms with E-state index in [1.807, 2.05) is 36.0 Å². The Bertz CT molecular complexity index is 1010. The Morgan fingerprint density at radius 3 is 2.59 bits per heavy atom. The van der Waals surface area contributed by atoms with Gasteiger partial charge in [0.1, 0.15) is 16.4 Å². The summed E-state index contributed by atoms with van der Waals surface area (Å²) in [4.78, 5) is 19.7. The van der Waals surface area contributed by atoms with Crippen LogP contribution in [-0.2, 0) is 7.05 Å². The molecular weight excluding hydrogens is 380 g/mol. The summed E-state index contributed by atoms with van der Waals surface area (Å²) in [6, 6.07) is 7.54. The third kappa shape index (κ3) is 4.38. The maximum atomic E-state index is 11.2. The van der Waals surface area contributed by atoms with E-state index in [2.05, 4.69) is 38.5 Å². The Morgan fingerprint density at radius 2 is 1.93 bits per heavy atom. The number of fused-ring (bicyclic) bond motifs is 1. The molecule has 4 rings (SSSR count). The second-order valence-electron chi connectivity index (χ2n) is 5.03. The van der Waals surface area contributed by atoms with Crippen LogP contribution < -0.4 is 5.73 Å². The molecule has 0 aliphatic carbocycles. The summed E-state index contributed by atoms with van der Waals surface area (Å²) in [6.45, 7) is 0. The van der Waals surface area contributed by atoms with Crippen molar-refractivity contribution < 1.29 is 4.79 Å². The second kappa shape index (κ2) is 9.91. The minimum atomic E-state index is 0.382. The summed E-state index contributed by atoms with van der Waals surface area (Å²) in [7, 11) is 3.43. The van der Waals surface area contributed by atoms with Crippen LogP contribution in [-0.4, -0.2) is 44.3 Å². The summed E-state index contributed by atoms with van der Waals surface area (Å²) in [5.41, 5.74) is 7.41. The molecule has 4 heterocycles. The second-order valence-corrected chi connectivity index (χ2v) is 6.00. The number of pyridine rings is 2. The van der Waals surface area contributed by atoms with Gasteiger partial charge in [0, 0.05) is 36.6 Å². The van der Waals surface area contributed by atoms with Crippen LogP contribution in [0.15, 0.2) is 42.9 Å². The van der Waals surface area contributed by atoms with Gasteiger partial charge in [-0.15, -0.1) is 10.2 Å². The molecule has 27 heavy (non-hydrogen) atoms. The largest absolute Gasteiger partial charge is 0.350 e. The Kier molecular flexibility index (Phi) is 7.59. The lowest BCUT2D eigenvalue weighted by molar-refractivity contribution is 0.111. The van der Waals surface area contributed by atoms with Crippen molar-refractivity contribution in [3.8, 4) is 21.3 Å². The Morgan fingerprint density at radius 1 is 1.19 bits per heavy atom. The van der Waals surface area contributed by atoms with Gasteiger partial charge in [0.2, 0.25) is 0 Å². The maximum absolute atomic E-state index is 11.2. The number of thiol groups is 1. The summed E-state index contributed by atoms with van der Waals surface area (Å²) in [5, 5.41) is 10.9. The molecule has 140 valence electrons. The lowest BCUT2D eigenvalue weighted by Gasteiger charge is -2.02. The highest BCUT2D eigenvalue weighted by Crippen LogP contribution is 2.33. The molecule has 0 saturated carbocycles. The van der Waals surface area contributed by atoms with Gasteiger partial charge in [-0.25, -0.2) is 4.98 Å². The third-order valence-electron chi connectivity index (χ3n) is 3.56. The van der Waals surface area contributed by atoms with Gasteiger partial charge >= 0.3 is 0 Å². The highest BCUT2D eigenvalue weighted by molar-refractivity contribution is 7.79. The Balaban J connectivity index is 0.000000614. The number of aldehydes is 1. The molecule has 2 N–H and O–H groups in total. The molecule has 0 spiro atoms. The van der Waals surface area contributed by atoms with E-state index in [1.165, 1.54) is 18.4 Å². The molecule has 0 unspecified atom stereocenters. The summed E-state index contributed by atoms with van der Waals surface area (Å²) in [5.74, 6) is 0. The molecule has 0 saturated heterocycles. The first-order chi connectivity index (χ1) is 13.3. The molecule has 9 heteroatoms. The van der Waals surface area contributed by atoms with Crippen molar-refractivity contribution in [2.24, 2.45) is 12.8 Å². The smallest absolute Gasteiger partial charge is 0.168 e. The highest BCUT2D eigenvalue weighted by Gasteiger charge is 2.15. The van der Waals surface area contributed by atoms with Gasteiger partial charge in [-0.2, -0.15) is 12.6 Å². The number of hydrogen-bond donors (Lipinski definition) is 2. The number of aromatic nitrogens is 5. The molecule has 0 aliphatic heterocycles. The molecule has 7 nitrogen and oxygen atoms in total. The van der Waals surface area contributed by atoms with Gasteiger partial charge in [0.15, 0.2) is 11.3 Å². The van der Waals surface area contributed by atoms with Gasteiger partial charge in [-0.05, 0) is 37.6 Å². The monoisotopic (exact) mass is 400 g/mol. The Labute approximate surface area is 166 Å². The number of hydrogen-bond acceptors (Lipinski definition) is 8. The van der Waals surface area contributed by atoms with Gasteiger partial charge in [-0.3, -0.25) is 9.78 Å². The molecule has 0 amide bonds. The van der Waals surface area contributed by atoms with Crippen molar-refractivity contribution >= 4 is 41.2 Å². The number of nitrogens with zero attached hydrogens (tertiary/aromatic N) is 5. The molecule has 0 fully saturated rings. The van der Waals surface area contributed by atoms with Crippen LogP contribution in [0.1, 0.15) is 10.5 Å². The number of carbonyl (C=O) groups excluding carboxylic acids is 1. The molecule has 0 aliphatic rings. The van der Waals surface area contributed by atoms with Gasteiger partial charge in [-0.1, -0.05) is 11.3 Å². The Hall–Kier alpha value is -2.62. The SMILES string of the molecule is CN.CS.Cn1ccc2c(-c3nnc(-c4cccnc4)s3)nc(C=O)cc21. The zero-order valence-electron chi connectivity index (χ0n) is 15.2. The van der Waals surface area contributed by atoms with Crippen LogP contribution in [0.2, 0.25) is 0 Å². The van der Waals surface area contributed by atoms with Crippen LogP contribution in [0.25, 0.3) is 32.2 Å². The van der Waals surface area contributed by atoms with E-state index in [0.29, 0.717) is 16.4 Å². The van der Waals surface area contributed by atoms with E-state index in [4.69, 9.17) is 0 Å². The van der Waals surface area contributed by atoms with E-state index in [1.54, 1.807) is 24.7 Å². The molecular formula is C18H20N6OS2. The zero-order valence-corrected chi connectivity index (χ0v) is 16.9. The van der Waals surface area contributed by atoms with Crippen molar-refractivity contribution in [3.63, 3.8) is 0 Å². The fourth-order valence-corrected chi connectivity index (χ4v) is 3.27. The highest BCUT2D eigenvalue weighted by atomic mass is 32.1. The molecule has 0 radical (unpaired) electrons. The fourth-order valence-electron chi connectivity index (χ4n) is 2.43. The van der Waals surface area contributed by atoms with Crippen LogP contribution in [0.5, 0.6) is 0 Å². The summed E-state index contributed by atoms with van der Waals surface area (Å²) in [6.07, 6.45) is 7.85. The van der Waals surface area contributed by atoms with Crippen LogP contribution in [0, 0.1) is 0 Å².